The summed E-state index contributed by atoms with van der Waals surface area (Å²) in [5.74, 6) is -0.864. The number of hydrogen-bond donors (Lipinski definition) is 2. The second-order valence-electron chi connectivity index (χ2n) is 4.35. The summed E-state index contributed by atoms with van der Waals surface area (Å²) < 4.78 is 0. The lowest BCUT2D eigenvalue weighted by molar-refractivity contribution is -0.119. The molecule has 1 amide bonds. The fourth-order valence-electron chi connectivity index (χ4n) is 1.84. The Kier molecular flexibility index (Phi) is 4.17. The average Bonchev–Trinajstić information content (AvgIpc) is 2.45. The number of hydrogen-bond acceptors (Lipinski definition) is 3. The fraction of sp³-hybridized carbons (Fsp3) is 0.0667. The summed E-state index contributed by atoms with van der Waals surface area (Å²) >= 11 is 5.97. The molecule has 1 unspecified atom stereocenters. The van der Waals surface area contributed by atoms with Crippen LogP contribution < -0.4 is 11.5 Å². The lowest BCUT2D eigenvalue weighted by atomic mass is 9.98. The molecule has 0 heterocycles. The van der Waals surface area contributed by atoms with Crippen LogP contribution in [0.1, 0.15) is 27.5 Å². The zero-order valence-corrected chi connectivity index (χ0v) is 11.3. The van der Waals surface area contributed by atoms with Gasteiger partial charge in [-0.1, -0.05) is 41.9 Å². The lowest BCUT2D eigenvalue weighted by Crippen LogP contribution is -2.28. The van der Waals surface area contributed by atoms with Gasteiger partial charge in [0.1, 0.15) is 6.04 Å². The van der Waals surface area contributed by atoms with Crippen LogP contribution >= 0.6 is 11.6 Å². The second kappa shape index (κ2) is 5.86. The van der Waals surface area contributed by atoms with Gasteiger partial charge in [-0.2, -0.15) is 0 Å². The predicted molar refractivity (Wildman–Crippen MR) is 77.4 cm³/mol. The third-order valence-corrected chi connectivity index (χ3v) is 3.10. The van der Waals surface area contributed by atoms with E-state index in [1.54, 1.807) is 24.3 Å². The molecule has 0 aliphatic rings. The van der Waals surface area contributed by atoms with Crippen LogP contribution in [-0.4, -0.2) is 11.7 Å². The highest BCUT2D eigenvalue weighted by molar-refractivity contribution is 6.31. The molecule has 0 aliphatic heterocycles. The van der Waals surface area contributed by atoms with E-state index in [-0.39, 0.29) is 5.78 Å². The van der Waals surface area contributed by atoms with Crippen LogP contribution in [-0.2, 0) is 4.79 Å². The standard InChI is InChI=1S/C15H13ClN2O2/c16-12-7-10(13(17)15(18)20)6-11(8-12)14(19)9-4-2-1-3-5-9/h1-8,13H,17H2,(H2,18,20). The van der Waals surface area contributed by atoms with Crippen molar-refractivity contribution in [1.82, 2.24) is 0 Å². The zero-order valence-electron chi connectivity index (χ0n) is 10.5. The molecule has 5 heteroatoms. The van der Waals surface area contributed by atoms with Crippen molar-refractivity contribution in [3.63, 3.8) is 0 Å². The van der Waals surface area contributed by atoms with Crippen molar-refractivity contribution in [3.05, 3.63) is 70.2 Å². The average molecular weight is 289 g/mol. The van der Waals surface area contributed by atoms with Gasteiger partial charge >= 0.3 is 0 Å². The normalized spacial score (nSPS) is 11.9. The number of carbonyl (C=O) groups excluding carboxylic acids is 2. The van der Waals surface area contributed by atoms with E-state index < -0.39 is 11.9 Å². The molecule has 0 radical (unpaired) electrons. The summed E-state index contributed by atoms with van der Waals surface area (Å²) in [6.07, 6.45) is 0. The molecular formula is C15H13ClN2O2. The van der Waals surface area contributed by atoms with Gasteiger partial charge < -0.3 is 11.5 Å². The maximum Gasteiger partial charge on any atom is 0.238 e. The smallest absolute Gasteiger partial charge is 0.238 e. The summed E-state index contributed by atoms with van der Waals surface area (Å²) in [5, 5.41) is 0.332. The summed E-state index contributed by atoms with van der Waals surface area (Å²) in [4.78, 5) is 23.5. The number of halogens is 1. The Balaban J connectivity index is 2.43. The summed E-state index contributed by atoms with van der Waals surface area (Å²) in [6, 6.07) is 12.4. The van der Waals surface area contributed by atoms with Crippen LogP contribution in [0.5, 0.6) is 0 Å². The molecule has 2 aromatic carbocycles. The van der Waals surface area contributed by atoms with E-state index in [2.05, 4.69) is 0 Å². The molecule has 0 aliphatic carbocycles. The number of rotatable bonds is 4. The third-order valence-electron chi connectivity index (χ3n) is 2.88. The van der Waals surface area contributed by atoms with Crippen LogP contribution in [0, 0.1) is 0 Å². The van der Waals surface area contributed by atoms with Gasteiger partial charge in [-0.25, -0.2) is 0 Å². The third kappa shape index (κ3) is 3.04. The molecule has 4 N–H and O–H groups in total. The topological polar surface area (TPSA) is 86.2 Å². The van der Waals surface area contributed by atoms with Gasteiger partial charge in [-0.3, -0.25) is 9.59 Å². The second-order valence-corrected chi connectivity index (χ2v) is 4.78. The van der Waals surface area contributed by atoms with Crippen molar-refractivity contribution in [3.8, 4) is 0 Å². The van der Waals surface area contributed by atoms with E-state index in [9.17, 15) is 9.59 Å². The first-order valence-corrected chi connectivity index (χ1v) is 6.32. The minimum atomic E-state index is -0.990. The van der Waals surface area contributed by atoms with Crippen molar-refractivity contribution >= 4 is 23.3 Å². The van der Waals surface area contributed by atoms with E-state index in [1.807, 2.05) is 6.07 Å². The molecule has 2 aromatic rings. The highest BCUT2D eigenvalue weighted by Gasteiger charge is 2.16. The van der Waals surface area contributed by atoms with Crippen molar-refractivity contribution in [1.29, 1.82) is 0 Å². The fourth-order valence-corrected chi connectivity index (χ4v) is 2.09. The molecule has 2 rings (SSSR count). The van der Waals surface area contributed by atoms with Gasteiger partial charge in [0.15, 0.2) is 5.78 Å². The molecule has 0 bridgehead atoms. The molecule has 0 saturated heterocycles. The summed E-state index contributed by atoms with van der Waals surface area (Å²) in [5.41, 5.74) is 12.2. The van der Waals surface area contributed by atoms with Crippen LogP contribution in [0.4, 0.5) is 0 Å². The highest BCUT2D eigenvalue weighted by atomic mass is 35.5. The monoisotopic (exact) mass is 288 g/mol. The quantitative estimate of drug-likeness (QED) is 0.844. The Bertz CT molecular complexity index is 656. The van der Waals surface area contributed by atoms with Gasteiger partial charge in [0.2, 0.25) is 5.91 Å². The number of carbonyl (C=O) groups is 2. The predicted octanol–water partition coefficient (Wildman–Crippen LogP) is 2.06. The van der Waals surface area contributed by atoms with Crippen LogP contribution in [0.2, 0.25) is 5.02 Å². The van der Waals surface area contributed by atoms with Crippen molar-refractivity contribution in [2.24, 2.45) is 11.5 Å². The van der Waals surface area contributed by atoms with Crippen molar-refractivity contribution in [2.45, 2.75) is 6.04 Å². The molecule has 0 aromatic heterocycles. The molecule has 102 valence electrons. The van der Waals surface area contributed by atoms with Gasteiger partial charge in [0.25, 0.3) is 0 Å². The summed E-state index contributed by atoms with van der Waals surface area (Å²) in [6.45, 7) is 0. The largest absolute Gasteiger partial charge is 0.368 e. The Labute approximate surface area is 121 Å². The maximum atomic E-state index is 12.3. The number of benzene rings is 2. The van der Waals surface area contributed by atoms with E-state index in [0.29, 0.717) is 21.7 Å². The van der Waals surface area contributed by atoms with Gasteiger partial charge in [0.05, 0.1) is 0 Å². The Morgan fingerprint density at radius 3 is 2.25 bits per heavy atom. The van der Waals surface area contributed by atoms with Crippen LogP contribution in [0.15, 0.2) is 48.5 Å². The minimum absolute atomic E-state index is 0.189. The van der Waals surface area contributed by atoms with E-state index >= 15 is 0 Å². The van der Waals surface area contributed by atoms with E-state index in [0.717, 1.165) is 0 Å². The van der Waals surface area contributed by atoms with Crippen LogP contribution in [0.3, 0.4) is 0 Å². The molecular weight excluding hydrogens is 276 g/mol. The molecule has 20 heavy (non-hydrogen) atoms. The molecule has 0 spiro atoms. The Hall–Kier alpha value is -2.17. The van der Waals surface area contributed by atoms with Crippen molar-refractivity contribution in [2.75, 3.05) is 0 Å². The van der Waals surface area contributed by atoms with Gasteiger partial charge in [-0.15, -0.1) is 0 Å². The first-order valence-electron chi connectivity index (χ1n) is 5.94. The van der Waals surface area contributed by atoms with Gasteiger partial charge in [0, 0.05) is 16.1 Å². The molecule has 4 nitrogen and oxygen atoms in total. The summed E-state index contributed by atoms with van der Waals surface area (Å²) in [7, 11) is 0. The molecule has 1 atom stereocenters. The van der Waals surface area contributed by atoms with E-state index in [1.165, 1.54) is 18.2 Å². The van der Waals surface area contributed by atoms with E-state index in [4.69, 9.17) is 23.1 Å². The lowest BCUT2D eigenvalue weighted by Gasteiger charge is -2.10. The SMILES string of the molecule is NC(=O)C(N)c1cc(Cl)cc(C(=O)c2ccccc2)c1. The minimum Gasteiger partial charge on any atom is -0.368 e. The van der Waals surface area contributed by atoms with Crippen LogP contribution in [0.25, 0.3) is 0 Å². The number of ketones is 1. The first-order chi connectivity index (χ1) is 9.49. The Morgan fingerprint density at radius 1 is 1.00 bits per heavy atom. The molecule has 0 fully saturated rings. The number of primary amides is 1. The number of nitrogens with two attached hydrogens (primary N) is 2. The van der Waals surface area contributed by atoms with Gasteiger partial charge in [-0.05, 0) is 23.8 Å². The van der Waals surface area contributed by atoms with Crippen molar-refractivity contribution < 1.29 is 9.59 Å². The highest BCUT2D eigenvalue weighted by Crippen LogP contribution is 2.21. The zero-order chi connectivity index (χ0) is 14.7. The Morgan fingerprint density at radius 2 is 1.65 bits per heavy atom. The first kappa shape index (κ1) is 14.2. The maximum absolute atomic E-state index is 12.3. The number of amides is 1. The molecule has 0 saturated carbocycles.